The minimum absolute atomic E-state index is 0.0887. The minimum Gasteiger partial charge on any atom is -0.326 e. The average Bonchev–Trinajstić information content (AvgIpc) is 2.00. The third kappa shape index (κ3) is 2.73. The molecule has 0 aliphatic heterocycles. The van der Waals surface area contributed by atoms with Gasteiger partial charge in [-0.1, -0.05) is 23.8 Å². The van der Waals surface area contributed by atoms with Crippen molar-refractivity contribution in [1.29, 1.82) is 0 Å². The van der Waals surface area contributed by atoms with Gasteiger partial charge in [0.25, 0.3) is 0 Å². The first-order valence-electron chi connectivity index (χ1n) is 4.54. The second kappa shape index (κ2) is 4.09. The van der Waals surface area contributed by atoms with Crippen LogP contribution in [-0.4, -0.2) is 5.91 Å². The van der Waals surface area contributed by atoms with E-state index in [9.17, 15) is 4.79 Å². The van der Waals surface area contributed by atoms with Gasteiger partial charge in [0.1, 0.15) is 0 Å². The zero-order valence-electron chi connectivity index (χ0n) is 8.85. The molecule has 0 aliphatic rings. The van der Waals surface area contributed by atoms with Crippen LogP contribution in [0.4, 0.5) is 0 Å². The smallest absolute Gasteiger partial charge is 0.221 e. The Bertz CT molecular complexity index is 360. The largest absolute Gasteiger partial charge is 0.326 e. The lowest BCUT2D eigenvalue weighted by Gasteiger charge is -2.08. The van der Waals surface area contributed by atoms with Gasteiger partial charge in [-0.25, -0.2) is 0 Å². The first-order chi connectivity index (χ1) is 6.49. The molecule has 0 atom stereocenters. The lowest BCUT2D eigenvalue weighted by molar-refractivity contribution is -0.117. The number of hydrogen-bond acceptors (Lipinski definition) is 1. The molecule has 0 aliphatic carbocycles. The first-order valence-corrected chi connectivity index (χ1v) is 4.54. The number of carbonyl (C=O) groups excluding carboxylic acids is 1. The van der Waals surface area contributed by atoms with E-state index in [2.05, 4.69) is 18.0 Å². The van der Waals surface area contributed by atoms with Gasteiger partial charge in [0, 0.05) is 12.6 Å². The second-order valence-corrected chi connectivity index (χ2v) is 3.54. The average molecular weight is 189 g/mol. The molecule has 0 bridgehead atoms. The summed E-state index contributed by atoms with van der Waals surface area (Å²) in [6.45, 7) is 9.35. The molecule has 2 nitrogen and oxygen atoms in total. The van der Waals surface area contributed by atoms with Crippen molar-refractivity contribution in [2.24, 2.45) is 0 Å². The SMILES string of the molecule is C=C(NC(C)=O)c1cc(C)cc(C)c1. The predicted octanol–water partition coefficient (Wildman–Crippen LogP) is 2.41. The van der Waals surface area contributed by atoms with E-state index < -0.39 is 0 Å². The lowest BCUT2D eigenvalue weighted by Crippen LogP contribution is -2.17. The second-order valence-electron chi connectivity index (χ2n) is 3.54. The fourth-order valence-corrected chi connectivity index (χ4v) is 1.43. The molecule has 0 spiro atoms. The van der Waals surface area contributed by atoms with Crippen LogP contribution in [0.5, 0.6) is 0 Å². The number of rotatable bonds is 2. The van der Waals surface area contributed by atoms with Crippen molar-refractivity contribution in [2.75, 3.05) is 0 Å². The number of carbonyl (C=O) groups is 1. The van der Waals surface area contributed by atoms with E-state index in [1.54, 1.807) is 0 Å². The summed E-state index contributed by atoms with van der Waals surface area (Å²) in [7, 11) is 0. The Labute approximate surface area is 84.6 Å². The highest BCUT2D eigenvalue weighted by atomic mass is 16.1. The molecule has 1 N–H and O–H groups in total. The van der Waals surface area contributed by atoms with Crippen molar-refractivity contribution >= 4 is 11.6 Å². The number of benzene rings is 1. The minimum atomic E-state index is -0.0887. The molecule has 2 heteroatoms. The number of amides is 1. The summed E-state index contributed by atoms with van der Waals surface area (Å²) in [5.74, 6) is -0.0887. The van der Waals surface area contributed by atoms with Crippen LogP contribution < -0.4 is 5.32 Å². The van der Waals surface area contributed by atoms with Crippen molar-refractivity contribution in [3.8, 4) is 0 Å². The third-order valence-electron chi connectivity index (χ3n) is 1.90. The van der Waals surface area contributed by atoms with E-state index in [4.69, 9.17) is 0 Å². The highest BCUT2D eigenvalue weighted by Gasteiger charge is 2.01. The molecule has 0 radical (unpaired) electrons. The molecule has 0 saturated carbocycles. The van der Waals surface area contributed by atoms with Crippen LogP contribution in [0.25, 0.3) is 5.70 Å². The van der Waals surface area contributed by atoms with E-state index in [1.807, 2.05) is 26.0 Å². The van der Waals surface area contributed by atoms with Crippen molar-refractivity contribution < 1.29 is 4.79 Å². The molecule has 0 fully saturated rings. The van der Waals surface area contributed by atoms with E-state index in [0.717, 1.165) is 5.56 Å². The van der Waals surface area contributed by atoms with Gasteiger partial charge in [0.05, 0.1) is 0 Å². The molecule has 1 rings (SSSR count). The fraction of sp³-hybridized carbons (Fsp3) is 0.250. The van der Waals surface area contributed by atoms with E-state index in [0.29, 0.717) is 5.70 Å². The summed E-state index contributed by atoms with van der Waals surface area (Å²) in [5.41, 5.74) is 3.97. The van der Waals surface area contributed by atoms with Gasteiger partial charge in [-0.15, -0.1) is 0 Å². The maximum absolute atomic E-state index is 10.8. The molecule has 1 aromatic rings. The maximum Gasteiger partial charge on any atom is 0.221 e. The summed E-state index contributed by atoms with van der Waals surface area (Å²) < 4.78 is 0. The van der Waals surface area contributed by atoms with Gasteiger partial charge in [-0.05, 0) is 31.5 Å². The molecular weight excluding hydrogens is 174 g/mol. The highest BCUT2D eigenvalue weighted by Crippen LogP contribution is 2.14. The van der Waals surface area contributed by atoms with Gasteiger partial charge in [-0.3, -0.25) is 4.79 Å². The molecule has 74 valence electrons. The quantitative estimate of drug-likeness (QED) is 0.760. The predicted molar refractivity (Wildman–Crippen MR) is 58.8 cm³/mol. The van der Waals surface area contributed by atoms with E-state index in [1.165, 1.54) is 18.1 Å². The summed E-state index contributed by atoms with van der Waals surface area (Å²) in [4.78, 5) is 10.8. The summed E-state index contributed by atoms with van der Waals surface area (Å²) in [6.07, 6.45) is 0. The Morgan fingerprint density at radius 2 is 1.71 bits per heavy atom. The Morgan fingerprint density at radius 1 is 1.21 bits per heavy atom. The van der Waals surface area contributed by atoms with Gasteiger partial charge >= 0.3 is 0 Å². The van der Waals surface area contributed by atoms with Crippen molar-refractivity contribution in [3.63, 3.8) is 0 Å². The van der Waals surface area contributed by atoms with Crippen LogP contribution in [0.3, 0.4) is 0 Å². The van der Waals surface area contributed by atoms with Crippen LogP contribution in [0.1, 0.15) is 23.6 Å². The van der Waals surface area contributed by atoms with E-state index >= 15 is 0 Å². The zero-order valence-corrected chi connectivity index (χ0v) is 8.85. The lowest BCUT2D eigenvalue weighted by atomic mass is 10.1. The summed E-state index contributed by atoms with van der Waals surface area (Å²) in [6, 6.07) is 6.10. The Kier molecular flexibility index (Phi) is 3.07. The molecule has 1 aromatic carbocycles. The van der Waals surface area contributed by atoms with Crippen LogP contribution in [0, 0.1) is 13.8 Å². The van der Waals surface area contributed by atoms with Gasteiger partial charge in [-0.2, -0.15) is 0 Å². The zero-order chi connectivity index (χ0) is 10.7. The third-order valence-corrected chi connectivity index (χ3v) is 1.90. The van der Waals surface area contributed by atoms with Crippen molar-refractivity contribution in [2.45, 2.75) is 20.8 Å². The molecule has 0 heterocycles. The topological polar surface area (TPSA) is 29.1 Å². The monoisotopic (exact) mass is 189 g/mol. The summed E-state index contributed by atoms with van der Waals surface area (Å²) in [5, 5.41) is 2.68. The normalized spacial score (nSPS) is 9.64. The van der Waals surface area contributed by atoms with Gasteiger partial charge < -0.3 is 5.32 Å². The highest BCUT2D eigenvalue weighted by molar-refractivity contribution is 5.84. The maximum atomic E-state index is 10.8. The first kappa shape index (κ1) is 10.5. The van der Waals surface area contributed by atoms with Crippen LogP contribution in [0.15, 0.2) is 24.8 Å². The molecule has 0 saturated heterocycles. The Morgan fingerprint density at radius 3 is 2.14 bits per heavy atom. The Hall–Kier alpha value is -1.57. The number of nitrogens with one attached hydrogen (secondary N) is 1. The van der Waals surface area contributed by atoms with Crippen LogP contribution >= 0.6 is 0 Å². The number of aryl methyl sites for hydroxylation is 2. The molecule has 14 heavy (non-hydrogen) atoms. The Balaban J connectivity index is 2.95. The standard InChI is InChI=1S/C12H15NO/c1-8-5-9(2)7-12(6-8)10(3)13-11(4)14/h5-7H,3H2,1-2,4H3,(H,13,14). The van der Waals surface area contributed by atoms with Gasteiger partial charge in [0.2, 0.25) is 5.91 Å². The van der Waals surface area contributed by atoms with E-state index in [-0.39, 0.29) is 5.91 Å². The molecular formula is C12H15NO. The number of hydrogen-bond donors (Lipinski definition) is 1. The summed E-state index contributed by atoms with van der Waals surface area (Å²) >= 11 is 0. The fourth-order valence-electron chi connectivity index (χ4n) is 1.43. The van der Waals surface area contributed by atoms with Crippen molar-refractivity contribution in [3.05, 3.63) is 41.5 Å². The molecule has 0 aromatic heterocycles. The van der Waals surface area contributed by atoms with Crippen molar-refractivity contribution in [1.82, 2.24) is 5.32 Å². The van der Waals surface area contributed by atoms with Crippen LogP contribution in [0.2, 0.25) is 0 Å². The van der Waals surface area contributed by atoms with Gasteiger partial charge in [0.15, 0.2) is 0 Å². The molecule has 0 unspecified atom stereocenters. The molecule has 1 amide bonds. The van der Waals surface area contributed by atoms with Crippen LogP contribution in [-0.2, 0) is 4.79 Å².